The number of nitrogens with zero attached hydrogens (tertiary/aromatic N) is 1. The number of ether oxygens (including phenoxy) is 1. The molecule has 0 saturated carbocycles. The van der Waals surface area contributed by atoms with Crippen LogP contribution in [0.15, 0.2) is 28.7 Å². The number of carbonyl (C=O) groups excluding carboxylic acids is 2. The third-order valence-electron chi connectivity index (χ3n) is 3.75. The highest BCUT2D eigenvalue weighted by Crippen LogP contribution is 2.19. The molecule has 1 fully saturated rings. The Bertz CT molecular complexity index is 553. The molecule has 7 heteroatoms. The van der Waals surface area contributed by atoms with Crippen LogP contribution in [-0.4, -0.2) is 49.5 Å². The van der Waals surface area contributed by atoms with Gasteiger partial charge in [0.05, 0.1) is 5.92 Å². The third kappa shape index (κ3) is 5.51. The molecule has 2 amide bonds. The number of carbonyl (C=O) groups is 2. The molecule has 0 radical (unpaired) electrons. The predicted octanol–water partition coefficient (Wildman–Crippen LogP) is 1.14. The van der Waals surface area contributed by atoms with Crippen LogP contribution in [0, 0.1) is 5.92 Å². The summed E-state index contributed by atoms with van der Waals surface area (Å²) in [7, 11) is 0. The van der Waals surface area contributed by atoms with E-state index in [9.17, 15) is 9.59 Å². The summed E-state index contributed by atoms with van der Waals surface area (Å²) in [5.41, 5.74) is 5.39. The van der Waals surface area contributed by atoms with Crippen molar-refractivity contribution in [2.24, 2.45) is 11.7 Å². The second-order valence-electron chi connectivity index (χ2n) is 5.50. The van der Waals surface area contributed by atoms with Gasteiger partial charge in [-0.2, -0.15) is 0 Å². The number of rotatable bonds is 6. The Morgan fingerprint density at radius 3 is 3.00 bits per heavy atom. The highest BCUT2D eigenvalue weighted by molar-refractivity contribution is 9.10. The summed E-state index contributed by atoms with van der Waals surface area (Å²) in [5, 5.41) is 2.79. The zero-order chi connectivity index (χ0) is 16.7. The van der Waals surface area contributed by atoms with Crippen LogP contribution in [0.1, 0.15) is 12.8 Å². The number of amides is 2. The average Bonchev–Trinajstić information content (AvgIpc) is 2.57. The van der Waals surface area contributed by atoms with E-state index in [1.807, 2.05) is 18.2 Å². The van der Waals surface area contributed by atoms with Crippen molar-refractivity contribution >= 4 is 27.7 Å². The van der Waals surface area contributed by atoms with Gasteiger partial charge in [-0.3, -0.25) is 9.59 Å². The second-order valence-corrected chi connectivity index (χ2v) is 6.42. The smallest absolute Gasteiger partial charge is 0.260 e. The van der Waals surface area contributed by atoms with Crippen LogP contribution in [-0.2, 0) is 9.59 Å². The average molecular weight is 384 g/mol. The lowest BCUT2D eigenvalue weighted by molar-refractivity contribution is -0.137. The molecule has 2 rings (SSSR count). The standard InChI is InChI=1S/C16H22BrN3O3/c17-13-4-1-5-14(9-13)23-11-15(21)20-8-2-3-12(10-20)16(22)19-7-6-18/h1,4-5,9,12H,2-3,6-8,10-11,18H2,(H,19,22). The molecule has 0 aliphatic carbocycles. The fourth-order valence-corrected chi connectivity index (χ4v) is 2.93. The van der Waals surface area contributed by atoms with Crippen LogP contribution < -0.4 is 15.8 Å². The minimum Gasteiger partial charge on any atom is -0.484 e. The second kappa shape index (κ2) is 8.88. The summed E-state index contributed by atoms with van der Waals surface area (Å²) in [6.45, 7) is 1.98. The summed E-state index contributed by atoms with van der Waals surface area (Å²) in [6.07, 6.45) is 1.62. The summed E-state index contributed by atoms with van der Waals surface area (Å²) < 4.78 is 6.42. The molecule has 126 valence electrons. The lowest BCUT2D eigenvalue weighted by atomic mass is 9.97. The van der Waals surface area contributed by atoms with E-state index >= 15 is 0 Å². The Morgan fingerprint density at radius 2 is 2.26 bits per heavy atom. The third-order valence-corrected chi connectivity index (χ3v) is 4.24. The Hall–Kier alpha value is -1.60. The molecule has 0 spiro atoms. The molecule has 1 aromatic carbocycles. The highest BCUT2D eigenvalue weighted by atomic mass is 79.9. The van der Waals surface area contributed by atoms with Crippen molar-refractivity contribution in [3.63, 3.8) is 0 Å². The van der Waals surface area contributed by atoms with Gasteiger partial charge in [0.2, 0.25) is 5.91 Å². The zero-order valence-corrected chi connectivity index (χ0v) is 14.5. The maximum absolute atomic E-state index is 12.3. The molecule has 1 heterocycles. The van der Waals surface area contributed by atoms with Gasteiger partial charge >= 0.3 is 0 Å². The van der Waals surface area contributed by atoms with E-state index in [0.29, 0.717) is 31.9 Å². The van der Waals surface area contributed by atoms with E-state index in [4.69, 9.17) is 10.5 Å². The molecule has 1 aromatic rings. The van der Waals surface area contributed by atoms with Crippen LogP contribution >= 0.6 is 15.9 Å². The van der Waals surface area contributed by atoms with Gasteiger partial charge in [0, 0.05) is 30.7 Å². The first-order chi connectivity index (χ1) is 11.1. The predicted molar refractivity (Wildman–Crippen MR) is 91.0 cm³/mol. The van der Waals surface area contributed by atoms with Crippen LogP contribution in [0.3, 0.4) is 0 Å². The summed E-state index contributed by atoms with van der Waals surface area (Å²) in [6, 6.07) is 7.36. The Balaban J connectivity index is 1.83. The van der Waals surface area contributed by atoms with Gasteiger partial charge in [0.1, 0.15) is 5.75 Å². The molecule has 1 aliphatic rings. The number of nitrogens with two attached hydrogens (primary N) is 1. The van der Waals surface area contributed by atoms with Gasteiger partial charge in [-0.25, -0.2) is 0 Å². The number of hydrogen-bond donors (Lipinski definition) is 2. The van der Waals surface area contributed by atoms with E-state index in [-0.39, 0.29) is 24.3 Å². The number of hydrogen-bond acceptors (Lipinski definition) is 4. The van der Waals surface area contributed by atoms with Crippen LogP contribution in [0.4, 0.5) is 0 Å². The normalized spacial score (nSPS) is 17.7. The quantitative estimate of drug-likeness (QED) is 0.771. The molecular weight excluding hydrogens is 362 g/mol. The van der Waals surface area contributed by atoms with Crippen molar-refractivity contribution in [3.05, 3.63) is 28.7 Å². The van der Waals surface area contributed by atoms with E-state index in [2.05, 4.69) is 21.2 Å². The van der Waals surface area contributed by atoms with Crippen LogP contribution in [0.25, 0.3) is 0 Å². The largest absolute Gasteiger partial charge is 0.484 e. The van der Waals surface area contributed by atoms with Gasteiger partial charge in [-0.05, 0) is 31.0 Å². The van der Waals surface area contributed by atoms with Crippen LogP contribution in [0.2, 0.25) is 0 Å². The number of piperidine rings is 1. The van der Waals surface area contributed by atoms with E-state index < -0.39 is 0 Å². The van der Waals surface area contributed by atoms with Crippen LogP contribution in [0.5, 0.6) is 5.75 Å². The summed E-state index contributed by atoms with van der Waals surface area (Å²) in [4.78, 5) is 26.0. The first kappa shape index (κ1) is 17.7. The molecular formula is C16H22BrN3O3. The van der Waals surface area contributed by atoms with Gasteiger partial charge in [-0.1, -0.05) is 22.0 Å². The van der Waals surface area contributed by atoms with E-state index in [1.54, 1.807) is 11.0 Å². The maximum atomic E-state index is 12.3. The van der Waals surface area contributed by atoms with Crippen molar-refractivity contribution in [3.8, 4) is 5.75 Å². The molecule has 1 aliphatic heterocycles. The minimum atomic E-state index is -0.162. The Kier molecular flexibility index (Phi) is 6.85. The molecule has 1 unspecified atom stereocenters. The lowest BCUT2D eigenvalue weighted by Crippen LogP contribution is -2.47. The zero-order valence-electron chi connectivity index (χ0n) is 13.0. The molecule has 1 atom stereocenters. The maximum Gasteiger partial charge on any atom is 0.260 e. The fourth-order valence-electron chi connectivity index (χ4n) is 2.55. The molecule has 0 aromatic heterocycles. The number of likely N-dealkylation sites (tertiary alicyclic amines) is 1. The highest BCUT2D eigenvalue weighted by Gasteiger charge is 2.28. The van der Waals surface area contributed by atoms with E-state index in [1.165, 1.54) is 0 Å². The monoisotopic (exact) mass is 383 g/mol. The number of halogens is 1. The molecule has 6 nitrogen and oxygen atoms in total. The Labute approximate surface area is 144 Å². The van der Waals surface area contributed by atoms with E-state index in [0.717, 1.165) is 17.3 Å². The Morgan fingerprint density at radius 1 is 1.43 bits per heavy atom. The molecule has 0 bridgehead atoms. The van der Waals surface area contributed by atoms with Crippen molar-refractivity contribution < 1.29 is 14.3 Å². The molecule has 23 heavy (non-hydrogen) atoms. The van der Waals surface area contributed by atoms with Crippen molar-refractivity contribution in [1.82, 2.24) is 10.2 Å². The molecule has 3 N–H and O–H groups in total. The van der Waals surface area contributed by atoms with Gasteiger partial charge in [-0.15, -0.1) is 0 Å². The number of nitrogens with one attached hydrogen (secondary N) is 1. The SMILES string of the molecule is NCCNC(=O)C1CCCN(C(=O)COc2cccc(Br)c2)C1. The minimum absolute atomic E-state index is 0.0202. The fraction of sp³-hybridized carbons (Fsp3) is 0.500. The van der Waals surface area contributed by atoms with Crippen molar-refractivity contribution in [1.29, 1.82) is 0 Å². The molecule has 1 saturated heterocycles. The lowest BCUT2D eigenvalue weighted by Gasteiger charge is -2.32. The van der Waals surface area contributed by atoms with Gasteiger partial charge in [0.25, 0.3) is 5.91 Å². The van der Waals surface area contributed by atoms with Crippen molar-refractivity contribution in [2.45, 2.75) is 12.8 Å². The van der Waals surface area contributed by atoms with Gasteiger partial charge < -0.3 is 20.7 Å². The van der Waals surface area contributed by atoms with Gasteiger partial charge in [0.15, 0.2) is 6.61 Å². The number of benzene rings is 1. The van der Waals surface area contributed by atoms with Crippen molar-refractivity contribution in [2.75, 3.05) is 32.8 Å². The first-order valence-corrected chi connectivity index (χ1v) is 8.53. The first-order valence-electron chi connectivity index (χ1n) is 7.74. The summed E-state index contributed by atoms with van der Waals surface area (Å²) in [5.74, 6) is 0.356. The summed E-state index contributed by atoms with van der Waals surface area (Å²) >= 11 is 3.36. The topological polar surface area (TPSA) is 84.7 Å².